The van der Waals surface area contributed by atoms with Gasteiger partial charge < -0.3 is 4.74 Å². The van der Waals surface area contributed by atoms with Crippen LogP contribution in [0.15, 0.2) is 18.2 Å². The monoisotopic (exact) mass is 238 g/mol. The third-order valence-corrected chi connectivity index (χ3v) is 3.28. The molecule has 0 spiro atoms. The highest BCUT2D eigenvalue weighted by Crippen LogP contribution is 2.34. The van der Waals surface area contributed by atoms with Crippen molar-refractivity contribution < 1.29 is 9.13 Å². The minimum atomic E-state index is -0.272. The van der Waals surface area contributed by atoms with Crippen LogP contribution in [-0.2, 0) is 6.42 Å². The molecule has 1 aliphatic rings. The standard InChI is InChI=1S/C13H19FN2O/c1-17-12-4-2-3-10(13(12)14)8-11(16-15)7-9-5-6-9/h2-4,9,11,16H,5-8,15H2,1H3. The van der Waals surface area contributed by atoms with Crippen LogP contribution in [0.25, 0.3) is 0 Å². The lowest BCUT2D eigenvalue weighted by atomic mass is 10.0. The summed E-state index contributed by atoms with van der Waals surface area (Å²) in [5.74, 6) is 6.31. The molecule has 1 aromatic rings. The van der Waals surface area contributed by atoms with E-state index in [-0.39, 0.29) is 11.9 Å². The smallest absolute Gasteiger partial charge is 0.168 e. The molecule has 94 valence electrons. The maximum atomic E-state index is 13.9. The lowest BCUT2D eigenvalue weighted by Gasteiger charge is -2.16. The molecule has 3 nitrogen and oxygen atoms in total. The van der Waals surface area contributed by atoms with Gasteiger partial charge in [0.25, 0.3) is 0 Å². The van der Waals surface area contributed by atoms with Crippen molar-refractivity contribution in [2.45, 2.75) is 31.7 Å². The first-order valence-electron chi connectivity index (χ1n) is 6.02. The molecule has 0 aliphatic heterocycles. The van der Waals surface area contributed by atoms with E-state index in [4.69, 9.17) is 10.6 Å². The normalized spacial score (nSPS) is 16.9. The van der Waals surface area contributed by atoms with E-state index >= 15 is 0 Å². The van der Waals surface area contributed by atoms with Crippen LogP contribution in [0.1, 0.15) is 24.8 Å². The van der Waals surface area contributed by atoms with E-state index in [9.17, 15) is 4.39 Å². The zero-order valence-corrected chi connectivity index (χ0v) is 10.1. The van der Waals surface area contributed by atoms with E-state index < -0.39 is 0 Å². The first-order valence-corrected chi connectivity index (χ1v) is 6.02. The molecule has 1 aliphatic carbocycles. The van der Waals surface area contributed by atoms with E-state index in [1.165, 1.54) is 20.0 Å². The molecule has 1 saturated carbocycles. The van der Waals surface area contributed by atoms with Gasteiger partial charge in [-0.1, -0.05) is 25.0 Å². The highest BCUT2D eigenvalue weighted by molar-refractivity contribution is 5.31. The molecule has 1 unspecified atom stereocenters. The average Bonchev–Trinajstić information content (AvgIpc) is 3.14. The number of hydrogen-bond donors (Lipinski definition) is 2. The van der Waals surface area contributed by atoms with Crippen LogP contribution in [0.4, 0.5) is 4.39 Å². The highest BCUT2D eigenvalue weighted by Gasteiger charge is 2.25. The number of nitrogens with two attached hydrogens (primary N) is 1. The molecule has 0 amide bonds. The minimum absolute atomic E-state index is 0.143. The fourth-order valence-electron chi connectivity index (χ4n) is 2.10. The van der Waals surface area contributed by atoms with Crippen molar-refractivity contribution in [3.63, 3.8) is 0 Å². The summed E-state index contributed by atoms with van der Waals surface area (Å²) in [5.41, 5.74) is 3.44. The molecule has 17 heavy (non-hydrogen) atoms. The maximum Gasteiger partial charge on any atom is 0.168 e. The van der Waals surface area contributed by atoms with E-state index in [0.717, 1.165) is 12.3 Å². The van der Waals surface area contributed by atoms with Crippen LogP contribution in [0.5, 0.6) is 5.75 Å². The Balaban J connectivity index is 2.04. The molecular weight excluding hydrogens is 219 g/mol. The van der Waals surface area contributed by atoms with Gasteiger partial charge in [-0.25, -0.2) is 4.39 Å². The third kappa shape index (κ3) is 3.17. The van der Waals surface area contributed by atoms with Gasteiger partial charge in [-0.2, -0.15) is 0 Å². The summed E-state index contributed by atoms with van der Waals surface area (Å²) in [7, 11) is 1.48. The Kier molecular flexibility index (Phi) is 3.97. The zero-order valence-electron chi connectivity index (χ0n) is 10.1. The first-order chi connectivity index (χ1) is 8.24. The maximum absolute atomic E-state index is 13.9. The summed E-state index contributed by atoms with van der Waals surface area (Å²) in [5, 5.41) is 0. The van der Waals surface area contributed by atoms with Gasteiger partial charge in [-0.05, 0) is 30.4 Å². The van der Waals surface area contributed by atoms with Gasteiger partial charge in [0.2, 0.25) is 0 Å². The summed E-state index contributed by atoms with van der Waals surface area (Å²) in [6.07, 6.45) is 4.18. The fourth-order valence-corrected chi connectivity index (χ4v) is 2.10. The first kappa shape index (κ1) is 12.3. The number of rotatable bonds is 6. The molecule has 0 aromatic heterocycles. The van der Waals surface area contributed by atoms with Crippen molar-refractivity contribution in [3.05, 3.63) is 29.6 Å². The second-order valence-electron chi connectivity index (χ2n) is 4.68. The summed E-state index contributed by atoms with van der Waals surface area (Å²) in [4.78, 5) is 0. The predicted octanol–water partition coefficient (Wildman–Crippen LogP) is 2.01. The Morgan fingerprint density at radius 1 is 1.53 bits per heavy atom. The van der Waals surface area contributed by atoms with Gasteiger partial charge in [0.05, 0.1) is 7.11 Å². The Bertz CT molecular complexity index is 380. The SMILES string of the molecule is COc1cccc(CC(CC2CC2)NN)c1F. The fraction of sp³-hybridized carbons (Fsp3) is 0.538. The van der Waals surface area contributed by atoms with Crippen LogP contribution < -0.4 is 16.0 Å². The van der Waals surface area contributed by atoms with Gasteiger partial charge in [-0.3, -0.25) is 11.3 Å². The van der Waals surface area contributed by atoms with Gasteiger partial charge in [-0.15, -0.1) is 0 Å². The minimum Gasteiger partial charge on any atom is -0.494 e. The predicted molar refractivity (Wildman–Crippen MR) is 65.1 cm³/mol. The molecule has 1 atom stereocenters. The van der Waals surface area contributed by atoms with Gasteiger partial charge in [0, 0.05) is 6.04 Å². The van der Waals surface area contributed by atoms with Crippen molar-refractivity contribution in [2.24, 2.45) is 11.8 Å². The van der Waals surface area contributed by atoms with Crippen LogP contribution in [-0.4, -0.2) is 13.2 Å². The average molecular weight is 238 g/mol. The largest absolute Gasteiger partial charge is 0.494 e. The van der Waals surface area contributed by atoms with Crippen molar-refractivity contribution in [1.29, 1.82) is 0 Å². The Morgan fingerprint density at radius 3 is 2.88 bits per heavy atom. The number of halogens is 1. The highest BCUT2D eigenvalue weighted by atomic mass is 19.1. The molecule has 1 aromatic carbocycles. The van der Waals surface area contributed by atoms with E-state index in [0.29, 0.717) is 17.7 Å². The molecular formula is C13H19FN2O. The summed E-state index contributed by atoms with van der Waals surface area (Å²) in [6.45, 7) is 0. The molecule has 2 rings (SSSR count). The topological polar surface area (TPSA) is 47.3 Å². The van der Waals surface area contributed by atoms with Gasteiger partial charge >= 0.3 is 0 Å². The number of ether oxygens (including phenoxy) is 1. The zero-order chi connectivity index (χ0) is 12.3. The third-order valence-electron chi connectivity index (χ3n) is 3.28. The summed E-state index contributed by atoms with van der Waals surface area (Å²) in [6, 6.07) is 5.37. The summed E-state index contributed by atoms with van der Waals surface area (Å²) >= 11 is 0. The quantitative estimate of drug-likeness (QED) is 0.588. The van der Waals surface area contributed by atoms with E-state index in [1.54, 1.807) is 12.1 Å². The number of hydrazine groups is 1. The lowest BCUT2D eigenvalue weighted by Crippen LogP contribution is -2.37. The van der Waals surface area contributed by atoms with E-state index in [1.807, 2.05) is 6.07 Å². The van der Waals surface area contributed by atoms with E-state index in [2.05, 4.69) is 5.43 Å². The van der Waals surface area contributed by atoms with Crippen LogP contribution in [0.3, 0.4) is 0 Å². The van der Waals surface area contributed by atoms with Crippen molar-refractivity contribution in [2.75, 3.05) is 7.11 Å². The van der Waals surface area contributed by atoms with Gasteiger partial charge in [0.15, 0.2) is 11.6 Å². The summed E-state index contributed by atoms with van der Waals surface area (Å²) < 4.78 is 18.9. The van der Waals surface area contributed by atoms with Crippen LogP contribution in [0, 0.1) is 11.7 Å². The molecule has 0 heterocycles. The number of methoxy groups -OCH3 is 1. The number of nitrogens with one attached hydrogen (secondary N) is 1. The van der Waals surface area contributed by atoms with Crippen molar-refractivity contribution in [1.82, 2.24) is 5.43 Å². The molecule has 4 heteroatoms. The Hall–Kier alpha value is -1.13. The lowest BCUT2D eigenvalue weighted by molar-refractivity contribution is 0.381. The molecule has 0 radical (unpaired) electrons. The van der Waals surface area contributed by atoms with Gasteiger partial charge in [0.1, 0.15) is 0 Å². The number of benzene rings is 1. The Morgan fingerprint density at radius 2 is 2.29 bits per heavy atom. The Labute approximate surface area is 101 Å². The van der Waals surface area contributed by atoms with Crippen molar-refractivity contribution >= 4 is 0 Å². The molecule has 1 fully saturated rings. The molecule has 0 bridgehead atoms. The van der Waals surface area contributed by atoms with Crippen molar-refractivity contribution in [3.8, 4) is 5.75 Å². The molecule has 3 N–H and O–H groups in total. The molecule has 0 saturated heterocycles. The number of hydrogen-bond acceptors (Lipinski definition) is 3. The second-order valence-corrected chi connectivity index (χ2v) is 4.68. The van der Waals surface area contributed by atoms with Crippen LogP contribution in [0.2, 0.25) is 0 Å². The second kappa shape index (κ2) is 5.47. The van der Waals surface area contributed by atoms with Crippen LogP contribution >= 0.6 is 0 Å².